The summed E-state index contributed by atoms with van der Waals surface area (Å²) in [6.45, 7) is 3.99. The smallest absolute Gasteiger partial charge is 0.338 e. The lowest BCUT2D eigenvalue weighted by Gasteiger charge is -2.08. The van der Waals surface area contributed by atoms with E-state index in [2.05, 4.69) is 10.0 Å². The van der Waals surface area contributed by atoms with Crippen molar-refractivity contribution in [2.45, 2.75) is 11.8 Å². The number of hydrogen-bond donors (Lipinski definition) is 2. The van der Waals surface area contributed by atoms with Gasteiger partial charge in [-0.2, -0.15) is 0 Å². The second-order valence-corrected chi connectivity index (χ2v) is 6.15. The molecule has 132 valence electrons. The minimum Gasteiger partial charge on any atom is -0.462 e. The molecule has 0 spiro atoms. The van der Waals surface area contributed by atoms with Gasteiger partial charge in [0.25, 0.3) is 0 Å². The van der Waals surface area contributed by atoms with Gasteiger partial charge >= 0.3 is 5.97 Å². The molecule has 0 unspecified atom stereocenters. The van der Waals surface area contributed by atoms with Crippen molar-refractivity contribution < 1.29 is 22.7 Å². The number of methoxy groups -OCH3 is 1. The quantitative estimate of drug-likeness (QED) is 0.470. The molecule has 0 fully saturated rings. The van der Waals surface area contributed by atoms with Crippen LogP contribution in [0.1, 0.15) is 17.3 Å². The van der Waals surface area contributed by atoms with Crippen LogP contribution >= 0.6 is 12.4 Å². The van der Waals surface area contributed by atoms with Crippen molar-refractivity contribution in [3.8, 4) is 0 Å². The zero-order valence-electron chi connectivity index (χ0n) is 13.2. The molecule has 1 aromatic rings. The van der Waals surface area contributed by atoms with Crippen molar-refractivity contribution in [3.05, 3.63) is 29.8 Å². The summed E-state index contributed by atoms with van der Waals surface area (Å²) in [5.74, 6) is -0.471. The number of hydrogen-bond acceptors (Lipinski definition) is 6. The van der Waals surface area contributed by atoms with Gasteiger partial charge in [0.2, 0.25) is 10.0 Å². The minimum atomic E-state index is -3.58. The van der Waals surface area contributed by atoms with Gasteiger partial charge < -0.3 is 14.8 Å². The lowest BCUT2D eigenvalue weighted by atomic mass is 10.2. The average molecular weight is 367 g/mol. The van der Waals surface area contributed by atoms with E-state index in [9.17, 15) is 13.2 Å². The van der Waals surface area contributed by atoms with Gasteiger partial charge in [0.15, 0.2) is 0 Å². The standard InChI is InChI=1S/C14H22N2O5S.ClH/c1-3-21-14(17)12-4-6-13(7-5-12)22(18,19)16-9-8-15-10-11-20-2;/h4-7,15-16H,3,8-11H2,1-2H3;1H. The van der Waals surface area contributed by atoms with Crippen molar-refractivity contribution in [3.63, 3.8) is 0 Å². The Morgan fingerprint density at radius 1 is 1.13 bits per heavy atom. The van der Waals surface area contributed by atoms with Gasteiger partial charge in [0.1, 0.15) is 0 Å². The van der Waals surface area contributed by atoms with E-state index >= 15 is 0 Å². The molecule has 0 aromatic heterocycles. The van der Waals surface area contributed by atoms with Gasteiger partial charge in [0.05, 0.1) is 23.7 Å². The van der Waals surface area contributed by atoms with Crippen molar-refractivity contribution in [1.29, 1.82) is 0 Å². The van der Waals surface area contributed by atoms with E-state index < -0.39 is 16.0 Å². The number of ether oxygens (including phenoxy) is 2. The van der Waals surface area contributed by atoms with Crippen LogP contribution in [-0.2, 0) is 19.5 Å². The largest absolute Gasteiger partial charge is 0.462 e. The molecule has 1 aromatic carbocycles. The third kappa shape index (κ3) is 7.76. The van der Waals surface area contributed by atoms with Crippen LogP contribution < -0.4 is 10.0 Å². The molecule has 0 saturated heterocycles. The zero-order valence-corrected chi connectivity index (χ0v) is 14.8. The second-order valence-electron chi connectivity index (χ2n) is 4.39. The Kier molecular flexibility index (Phi) is 10.8. The molecule has 0 heterocycles. The van der Waals surface area contributed by atoms with Gasteiger partial charge in [-0.05, 0) is 31.2 Å². The highest BCUT2D eigenvalue weighted by Crippen LogP contribution is 2.11. The van der Waals surface area contributed by atoms with E-state index in [-0.39, 0.29) is 30.5 Å². The SMILES string of the molecule is CCOC(=O)c1ccc(S(=O)(=O)NCCNCCOC)cc1.Cl. The van der Waals surface area contributed by atoms with Crippen molar-refractivity contribution >= 4 is 28.4 Å². The maximum Gasteiger partial charge on any atom is 0.338 e. The number of benzene rings is 1. The van der Waals surface area contributed by atoms with Crippen LogP contribution in [0.3, 0.4) is 0 Å². The third-order valence-corrected chi connectivity index (χ3v) is 4.23. The van der Waals surface area contributed by atoms with Crippen LogP contribution in [0.15, 0.2) is 29.2 Å². The lowest BCUT2D eigenvalue weighted by molar-refractivity contribution is 0.0526. The highest BCUT2D eigenvalue weighted by atomic mass is 35.5. The summed E-state index contributed by atoms with van der Waals surface area (Å²) in [6.07, 6.45) is 0. The summed E-state index contributed by atoms with van der Waals surface area (Å²) in [5, 5.41) is 3.04. The monoisotopic (exact) mass is 366 g/mol. The first-order valence-corrected chi connectivity index (χ1v) is 8.46. The molecule has 1 rings (SSSR count). The Balaban J connectivity index is 0.00000484. The summed E-state index contributed by atoms with van der Waals surface area (Å²) in [7, 11) is -1.98. The maximum atomic E-state index is 12.0. The Morgan fingerprint density at radius 3 is 2.35 bits per heavy atom. The van der Waals surface area contributed by atoms with Crippen LogP contribution in [-0.4, -0.2) is 54.3 Å². The average Bonchev–Trinajstić information content (AvgIpc) is 2.51. The molecule has 0 bridgehead atoms. The van der Waals surface area contributed by atoms with Gasteiger partial charge in [0, 0.05) is 26.7 Å². The number of sulfonamides is 1. The Labute approximate surface area is 143 Å². The summed E-state index contributed by atoms with van der Waals surface area (Å²) >= 11 is 0. The van der Waals surface area contributed by atoms with Crippen LogP contribution in [0.25, 0.3) is 0 Å². The maximum absolute atomic E-state index is 12.0. The molecule has 0 saturated carbocycles. The molecule has 2 N–H and O–H groups in total. The van der Waals surface area contributed by atoms with E-state index in [1.807, 2.05) is 0 Å². The fourth-order valence-corrected chi connectivity index (χ4v) is 2.67. The van der Waals surface area contributed by atoms with E-state index in [0.717, 1.165) is 0 Å². The van der Waals surface area contributed by atoms with Crippen LogP contribution in [0.2, 0.25) is 0 Å². The Hall–Kier alpha value is -1.19. The van der Waals surface area contributed by atoms with Crippen LogP contribution in [0.5, 0.6) is 0 Å². The van der Waals surface area contributed by atoms with Crippen molar-refractivity contribution in [2.24, 2.45) is 0 Å². The molecule has 0 aliphatic carbocycles. The molecule has 0 atom stereocenters. The number of carbonyl (C=O) groups excluding carboxylic acids is 1. The molecular formula is C14H23ClN2O5S. The van der Waals surface area contributed by atoms with Crippen molar-refractivity contribution in [2.75, 3.05) is 40.0 Å². The lowest BCUT2D eigenvalue weighted by Crippen LogP contribution is -2.33. The predicted molar refractivity (Wildman–Crippen MR) is 89.6 cm³/mol. The number of halogens is 1. The molecule has 9 heteroatoms. The molecule has 0 amide bonds. The fraction of sp³-hybridized carbons (Fsp3) is 0.500. The van der Waals surface area contributed by atoms with Gasteiger partial charge in [-0.1, -0.05) is 0 Å². The van der Waals surface area contributed by atoms with Gasteiger partial charge in [-0.15, -0.1) is 12.4 Å². The minimum absolute atomic E-state index is 0. The van der Waals surface area contributed by atoms with E-state index in [1.54, 1.807) is 14.0 Å². The molecule has 0 aliphatic heterocycles. The van der Waals surface area contributed by atoms with Crippen LogP contribution in [0.4, 0.5) is 0 Å². The number of esters is 1. The Bertz CT molecular complexity index is 563. The highest BCUT2D eigenvalue weighted by Gasteiger charge is 2.14. The predicted octanol–water partition coefficient (Wildman–Crippen LogP) is 0.799. The number of carbonyl (C=O) groups is 1. The summed E-state index contributed by atoms with van der Waals surface area (Å²) in [6, 6.07) is 5.63. The highest BCUT2D eigenvalue weighted by molar-refractivity contribution is 7.89. The summed E-state index contributed by atoms with van der Waals surface area (Å²) in [4.78, 5) is 11.6. The fourth-order valence-electron chi connectivity index (χ4n) is 1.64. The zero-order chi connectivity index (χ0) is 16.4. The third-order valence-electron chi connectivity index (χ3n) is 2.75. The number of nitrogens with one attached hydrogen (secondary N) is 2. The molecule has 0 radical (unpaired) electrons. The molecule has 0 aliphatic rings. The molecule has 23 heavy (non-hydrogen) atoms. The summed E-state index contributed by atoms with van der Waals surface area (Å²) in [5.41, 5.74) is 0.321. The topological polar surface area (TPSA) is 93.7 Å². The second kappa shape index (κ2) is 11.4. The van der Waals surface area contributed by atoms with E-state index in [4.69, 9.17) is 9.47 Å². The first kappa shape index (κ1) is 21.8. The van der Waals surface area contributed by atoms with Gasteiger partial charge in [-0.3, -0.25) is 0 Å². The van der Waals surface area contributed by atoms with E-state index in [0.29, 0.717) is 25.3 Å². The Morgan fingerprint density at radius 2 is 1.78 bits per heavy atom. The summed E-state index contributed by atoms with van der Waals surface area (Å²) < 4.78 is 36.3. The van der Waals surface area contributed by atoms with Crippen molar-refractivity contribution in [1.82, 2.24) is 10.0 Å². The van der Waals surface area contributed by atoms with Gasteiger partial charge in [-0.25, -0.2) is 17.9 Å². The molecular weight excluding hydrogens is 344 g/mol. The molecule has 7 nitrogen and oxygen atoms in total. The van der Waals surface area contributed by atoms with E-state index in [1.165, 1.54) is 24.3 Å². The number of rotatable bonds is 10. The first-order valence-electron chi connectivity index (χ1n) is 6.97. The normalized spacial score (nSPS) is 10.9. The first-order chi connectivity index (χ1) is 10.5. The van der Waals surface area contributed by atoms with Crippen LogP contribution in [0, 0.1) is 0 Å².